The quantitative estimate of drug-likeness (QED) is 0.294. The Morgan fingerprint density at radius 2 is 2.06 bits per heavy atom. The number of nitrogens with one attached hydrogen (secondary N) is 1. The van der Waals surface area contributed by atoms with Crippen LogP contribution in [0.1, 0.15) is 0 Å². The van der Waals surface area contributed by atoms with Crippen LogP contribution in [-0.4, -0.2) is 37.3 Å². The lowest BCUT2D eigenvalue weighted by Gasteiger charge is -2.07. The lowest BCUT2D eigenvalue weighted by Crippen LogP contribution is -2.20. The van der Waals surface area contributed by atoms with Gasteiger partial charge in [0.25, 0.3) is 0 Å². The third-order valence-electron chi connectivity index (χ3n) is 1.93. The Bertz CT molecular complexity index is 417. The molecule has 1 amide bonds. The molecule has 1 aromatic carbocycles. The Labute approximate surface area is 104 Å². The van der Waals surface area contributed by atoms with Crippen molar-refractivity contribution in [3.05, 3.63) is 24.3 Å². The van der Waals surface area contributed by atoms with E-state index in [0.29, 0.717) is 11.4 Å². The summed E-state index contributed by atoms with van der Waals surface area (Å²) >= 11 is 0. The van der Waals surface area contributed by atoms with Crippen molar-refractivity contribution < 1.29 is 19.5 Å². The minimum Gasteiger partial charge on any atom is -0.486 e. The van der Waals surface area contributed by atoms with E-state index in [4.69, 9.17) is 15.7 Å². The number of benzene rings is 1. The topological polar surface area (TPSA) is 106 Å². The smallest absolute Gasteiger partial charge is 0.250 e. The molecule has 0 aromatic heterocycles. The summed E-state index contributed by atoms with van der Waals surface area (Å²) < 4.78 is 9.90. The van der Waals surface area contributed by atoms with Gasteiger partial charge in [0.2, 0.25) is 5.91 Å². The third kappa shape index (κ3) is 4.71. The predicted molar refractivity (Wildman–Crippen MR) is 65.9 cm³/mol. The maximum absolute atomic E-state index is 11.2. The molecule has 0 aliphatic carbocycles. The fourth-order valence-electron chi connectivity index (χ4n) is 1.15. The van der Waals surface area contributed by atoms with Gasteiger partial charge in [0, 0.05) is 12.8 Å². The summed E-state index contributed by atoms with van der Waals surface area (Å²) in [6.07, 6.45) is 0. The van der Waals surface area contributed by atoms with Crippen LogP contribution in [0.5, 0.6) is 5.75 Å². The van der Waals surface area contributed by atoms with E-state index in [0.717, 1.165) is 0 Å². The number of nitrogens with zero attached hydrogens (tertiary/aromatic N) is 1. The number of hydrogen-bond acceptors (Lipinski definition) is 5. The fourth-order valence-corrected chi connectivity index (χ4v) is 1.15. The van der Waals surface area contributed by atoms with Gasteiger partial charge in [-0.25, -0.2) is 0 Å². The number of carbonyl (C=O) groups excluding carboxylic acids is 1. The van der Waals surface area contributed by atoms with Crippen molar-refractivity contribution in [2.24, 2.45) is 10.9 Å². The van der Waals surface area contributed by atoms with E-state index in [2.05, 4.69) is 15.2 Å². The van der Waals surface area contributed by atoms with Crippen molar-refractivity contribution >= 4 is 17.4 Å². The Balaban J connectivity index is 2.49. The molecule has 0 aliphatic rings. The normalized spacial score (nSPS) is 11.1. The van der Waals surface area contributed by atoms with Gasteiger partial charge in [-0.1, -0.05) is 5.16 Å². The zero-order valence-electron chi connectivity index (χ0n) is 9.92. The molecule has 7 heteroatoms. The van der Waals surface area contributed by atoms with Gasteiger partial charge in [-0.3, -0.25) is 4.79 Å². The molecule has 0 bridgehead atoms. The van der Waals surface area contributed by atoms with E-state index in [1.807, 2.05) is 0 Å². The third-order valence-corrected chi connectivity index (χ3v) is 1.93. The number of anilines is 1. The minimum absolute atomic E-state index is 0.00174. The number of hydrogen-bond donors (Lipinski definition) is 3. The molecule has 7 nitrogen and oxygen atoms in total. The average Bonchev–Trinajstić information content (AvgIpc) is 2.37. The summed E-state index contributed by atoms with van der Waals surface area (Å²) in [5.74, 6) is 0.293. The first kappa shape index (κ1) is 13.8. The highest BCUT2D eigenvalue weighted by Crippen LogP contribution is 2.15. The highest BCUT2D eigenvalue weighted by molar-refractivity contribution is 5.91. The van der Waals surface area contributed by atoms with Crippen LogP contribution in [0.2, 0.25) is 0 Å². The van der Waals surface area contributed by atoms with Gasteiger partial charge in [-0.15, -0.1) is 0 Å². The second kappa shape index (κ2) is 7.13. The summed E-state index contributed by atoms with van der Waals surface area (Å²) in [6.45, 7) is -0.00632. The summed E-state index contributed by atoms with van der Waals surface area (Å²) in [4.78, 5) is 11.2. The van der Waals surface area contributed by atoms with Crippen molar-refractivity contribution in [2.45, 2.75) is 0 Å². The molecule has 0 atom stereocenters. The van der Waals surface area contributed by atoms with Gasteiger partial charge in [-0.05, 0) is 24.3 Å². The standard InChI is InChI=1S/C11H15N3O4/c1-17-7-11(15)13-8-2-4-9(5-3-8)18-6-10(12)14-16/h2-5,16H,6-7H2,1H3,(H2,12,14)(H,13,15). The maximum Gasteiger partial charge on any atom is 0.250 e. The van der Waals surface area contributed by atoms with Crippen molar-refractivity contribution in [3.8, 4) is 5.75 Å². The predicted octanol–water partition coefficient (Wildman–Crippen LogP) is 0.397. The molecule has 0 heterocycles. The maximum atomic E-state index is 11.2. The van der Waals surface area contributed by atoms with Gasteiger partial charge < -0.3 is 25.7 Å². The van der Waals surface area contributed by atoms with Crippen LogP contribution in [0.3, 0.4) is 0 Å². The molecule has 0 spiro atoms. The van der Waals surface area contributed by atoms with Crippen LogP contribution in [0.15, 0.2) is 29.4 Å². The number of carbonyl (C=O) groups is 1. The molecular formula is C11H15N3O4. The van der Waals surface area contributed by atoms with Crippen molar-refractivity contribution in [2.75, 3.05) is 25.6 Å². The molecular weight excluding hydrogens is 238 g/mol. The Morgan fingerprint density at radius 1 is 1.39 bits per heavy atom. The summed E-state index contributed by atoms with van der Waals surface area (Å²) in [5.41, 5.74) is 5.89. The van der Waals surface area contributed by atoms with Gasteiger partial charge in [0.05, 0.1) is 0 Å². The molecule has 0 saturated carbocycles. The Hall–Kier alpha value is -2.28. The number of oxime groups is 1. The van der Waals surface area contributed by atoms with Crippen molar-refractivity contribution in [3.63, 3.8) is 0 Å². The minimum atomic E-state index is -0.233. The molecule has 1 rings (SSSR count). The number of methoxy groups -OCH3 is 1. The fraction of sp³-hybridized carbons (Fsp3) is 0.273. The number of amides is 1. The molecule has 18 heavy (non-hydrogen) atoms. The van der Waals surface area contributed by atoms with E-state index in [9.17, 15) is 4.79 Å². The second-order valence-corrected chi connectivity index (χ2v) is 3.39. The Kier molecular flexibility index (Phi) is 5.46. The summed E-state index contributed by atoms with van der Waals surface area (Å²) in [6, 6.07) is 6.67. The molecule has 98 valence electrons. The van der Waals surface area contributed by atoms with E-state index in [1.165, 1.54) is 7.11 Å². The highest BCUT2D eigenvalue weighted by Gasteiger charge is 2.02. The zero-order valence-corrected chi connectivity index (χ0v) is 9.92. The van der Waals surface area contributed by atoms with E-state index in [1.54, 1.807) is 24.3 Å². The van der Waals surface area contributed by atoms with Crippen LogP contribution in [-0.2, 0) is 9.53 Å². The second-order valence-electron chi connectivity index (χ2n) is 3.39. The zero-order chi connectivity index (χ0) is 13.4. The largest absolute Gasteiger partial charge is 0.486 e. The van der Waals surface area contributed by atoms with E-state index >= 15 is 0 Å². The number of amidine groups is 1. The van der Waals surface area contributed by atoms with Gasteiger partial charge in [-0.2, -0.15) is 0 Å². The van der Waals surface area contributed by atoms with Gasteiger partial charge in [0.1, 0.15) is 19.0 Å². The first-order chi connectivity index (χ1) is 8.65. The molecule has 1 aromatic rings. The van der Waals surface area contributed by atoms with E-state index < -0.39 is 0 Å². The number of rotatable bonds is 6. The van der Waals surface area contributed by atoms with Gasteiger partial charge >= 0.3 is 0 Å². The SMILES string of the molecule is COCC(=O)Nc1ccc(OCC(N)=NO)cc1. The molecule has 0 saturated heterocycles. The molecule has 0 aliphatic heterocycles. The van der Waals surface area contributed by atoms with Gasteiger partial charge in [0.15, 0.2) is 5.84 Å². The van der Waals surface area contributed by atoms with Crippen LogP contribution in [0.25, 0.3) is 0 Å². The summed E-state index contributed by atoms with van der Waals surface area (Å²) in [5, 5.41) is 13.7. The van der Waals surface area contributed by atoms with E-state index in [-0.39, 0.29) is 25.0 Å². The molecule has 4 N–H and O–H groups in total. The first-order valence-corrected chi connectivity index (χ1v) is 5.13. The average molecular weight is 253 g/mol. The molecule has 0 fully saturated rings. The van der Waals surface area contributed by atoms with Crippen LogP contribution in [0.4, 0.5) is 5.69 Å². The molecule has 0 unspecified atom stereocenters. The van der Waals surface area contributed by atoms with Crippen LogP contribution >= 0.6 is 0 Å². The summed E-state index contributed by atoms with van der Waals surface area (Å²) in [7, 11) is 1.45. The Morgan fingerprint density at radius 3 is 2.61 bits per heavy atom. The molecule has 0 radical (unpaired) electrons. The number of nitrogens with two attached hydrogens (primary N) is 1. The lowest BCUT2D eigenvalue weighted by molar-refractivity contribution is -0.119. The van der Waals surface area contributed by atoms with Crippen LogP contribution < -0.4 is 15.8 Å². The first-order valence-electron chi connectivity index (χ1n) is 5.13. The van der Waals surface area contributed by atoms with Crippen molar-refractivity contribution in [1.82, 2.24) is 0 Å². The van der Waals surface area contributed by atoms with Crippen LogP contribution in [0, 0.1) is 0 Å². The lowest BCUT2D eigenvalue weighted by atomic mass is 10.3. The highest BCUT2D eigenvalue weighted by atomic mass is 16.5. The monoisotopic (exact) mass is 253 g/mol. The van der Waals surface area contributed by atoms with Crippen molar-refractivity contribution in [1.29, 1.82) is 0 Å². The number of ether oxygens (including phenoxy) is 2.